The van der Waals surface area contributed by atoms with Gasteiger partial charge in [-0.3, -0.25) is 19.2 Å². The Morgan fingerprint density at radius 1 is 1.02 bits per heavy atom. The van der Waals surface area contributed by atoms with E-state index in [0.717, 1.165) is 37.7 Å². The highest BCUT2D eigenvalue weighted by Gasteiger charge is 2.55. The van der Waals surface area contributed by atoms with Gasteiger partial charge in [-0.05, 0) is 80.0 Å². The molecular formula is C37H52N2O13. The molecule has 2 amide bonds. The van der Waals surface area contributed by atoms with Crippen LogP contribution in [0, 0.1) is 17.3 Å². The number of aryl methyl sites for hydroxylation is 1. The summed E-state index contributed by atoms with van der Waals surface area (Å²) in [5.74, 6) is 0.363. The van der Waals surface area contributed by atoms with Crippen molar-refractivity contribution in [3.63, 3.8) is 0 Å². The molecule has 3 aliphatic carbocycles. The molecule has 14 atom stereocenters. The van der Waals surface area contributed by atoms with Crippen LogP contribution in [-0.2, 0) is 44.5 Å². The Bertz CT molecular complexity index is 1510. The van der Waals surface area contributed by atoms with Gasteiger partial charge in [0.15, 0.2) is 12.4 Å². The number of Topliss-reactive ketones (excluding diaryl/α,β-unsaturated/α-hetero) is 1. The standard InChI is InChI=1S/C37H52N2O13/c1-17-28(39-18(2)41)32(29(44)25(16-40)49-17)51-36-31(46)30(45)33(48-4)34(52-36)35(47)38-14-12-27(43)50-20-6-8-21-19(15-20)5-7-23-22(21)11-13-37(3)24(23)9-10-26(37)42/h6,8,15,17,22-25,28-34,36,40,44-46H,5,7,9-14,16H2,1-4H3,(H,38,47)(H,39,41)/t17?,22-,23-,24+,25?,28?,29?,30?,31?,32?,33?,34?,36?,37+/m1/s1. The van der Waals surface area contributed by atoms with Crippen molar-refractivity contribution in [3.05, 3.63) is 29.3 Å². The van der Waals surface area contributed by atoms with E-state index in [1.54, 1.807) is 13.0 Å². The lowest BCUT2D eigenvalue weighted by molar-refractivity contribution is -0.325. The fourth-order valence-corrected chi connectivity index (χ4v) is 9.42. The number of aliphatic hydroxyl groups excluding tert-OH is 4. The Hall–Kier alpha value is -3.02. The fraction of sp³-hybridized carbons (Fsp3) is 0.730. The van der Waals surface area contributed by atoms with Gasteiger partial charge in [0.2, 0.25) is 5.91 Å². The molecule has 15 nitrogen and oxygen atoms in total. The summed E-state index contributed by atoms with van der Waals surface area (Å²) in [5.41, 5.74) is 2.24. The summed E-state index contributed by atoms with van der Waals surface area (Å²) in [5, 5.41) is 47.6. The van der Waals surface area contributed by atoms with Crippen LogP contribution < -0.4 is 15.4 Å². The quantitative estimate of drug-likeness (QED) is 0.138. The number of methoxy groups -OCH3 is 1. The van der Waals surface area contributed by atoms with Gasteiger partial charge in [0.25, 0.3) is 5.91 Å². The van der Waals surface area contributed by atoms with Crippen LogP contribution in [-0.4, -0.2) is 125 Å². The number of ketones is 1. The summed E-state index contributed by atoms with van der Waals surface area (Å²) in [7, 11) is 1.23. The first-order chi connectivity index (χ1) is 24.8. The molecule has 10 unspecified atom stereocenters. The van der Waals surface area contributed by atoms with E-state index < -0.39 is 85.6 Å². The van der Waals surface area contributed by atoms with E-state index in [-0.39, 0.29) is 18.4 Å². The minimum Gasteiger partial charge on any atom is -0.426 e. The van der Waals surface area contributed by atoms with Crippen molar-refractivity contribution in [1.82, 2.24) is 10.6 Å². The first-order valence-corrected chi connectivity index (χ1v) is 18.3. The van der Waals surface area contributed by atoms with Gasteiger partial charge in [0.05, 0.1) is 25.2 Å². The van der Waals surface area contributed by atoms with E-state index in [1.165, 1.54) is 19.6 Å². The van der Waals surface area contributed by atoms with Crippen molar-refractivity contribution >= 4 is 23.6 Å². The Morgan fingerprint density at radius 2 is 1.79 bits per heavy atom. The second-order valence-corrected chi connectivity index (χ2v) is 15.2. The van der Waals surface area contributed by atoms with Crippen molar-refractivity contribution in [2.45, 2.75) is 133 Å². The van der Waals surface area contributed by atoms with Crippen molar-refractivity contribution in [2.75, 3.05) is 20.3 Å². The Labute approximate surface area is 302 Å². The second-order valence-electron chi connectivity index (χ2n) is 15.2. The minimum atomic E-state index is -1.73. The van der Waals surface area contributed by atoms with E-state index >= 15 is 0 Å². The average molecular weight is 733 g/mol. The number of ether oxygens (including phenoxy) is 5. The van der Waals surface area contributed by atoms with Crippen molar-refractivity contribution < 1.29 is 63.3 Å². The van der Waals surface area contributed by atoms with Crippen LogP contribution in [0.5, 0.6) is 5.75 Å². The Balaban J connectivity index is 1.04. The zero-order chi connectivity index (χ0) is 37.5. The molecule has 5 aliphatic rings. The number of nitrogens with one attached hydrogen (secondary N) is 2. The maximum atomic E-state index is 13.3. The Morgan fingerprint density at radius 3 is 2.50 bits per heavy atom. The summed E-state index contributed by atoms with van der Waals surface area (Å²) in [6.07, 6.45) is -7.21. The summed E-state index contributed by atoms with van der Waals surface area (Å²) in [4.78, 5) is 50.7. The van der Waals surface area contributed by atoms with Gasteiger partial charge in [-0.15, -0.1) is 0 Å². The largest absolute Gasteiger partial charge is 0.426 e. The van der Waals surface area contributed by atoms with Gasteiger partial charge in [-0.2, -0.15) is 0 Å². The molecule has 2 saturated heterocycles. The number of fused-ring (bicyclic) bond motifs is 5. The molecule has 1 aromatic rings. The number of hydrogen-bond donors (Lipinski definition) is 6. The first kappa shape index (κ1) is 38.7. The number of aliphatic hydroxyl groups is 4. The third-order valence-corrected chi connectivity index (χ3v) is 12.1. The van der Waals surface area contributed by atoms with E-state index in [2.05, 4.69) is 17.6 Å². The minimum absolute atomic E-state index is 0.134. The summed E-state index contributed by atoms with van der Waals surface area (Å²) < 4.78 is 28.2. The van der Waals surface area contributed by atoms with Crippen LogP contribution in [0.25, 0.3) is 0 Å². The van der Waals surface area contributed by atoms with Gasteiger partial charge < -0.3 is 54.7 Å². The molecule has 0 aromatic heterocycles. The number of amides is 2. The van der Waals surface area contributed by atoms with E-state index in [4.69, 9.17) is 23.7 Å². The topological polar surface area (TPSA) is 219 Å². The van der Waals surface area contributed by atoms with Crippen LogP contribution in [0.2, 0.25) is 0 Å². The van der Waals surface area contributed by atoms with Gasteiger partial charge in [-0.25, -0.2) is 0 Å². The van der Waals surface area contributed by atoms with E-state index in [1.807, 2.05) is 12.1 Å². The maximum absolute atomic E-state index is 13.3. The Kier molecular flexibility index (Phi) is 11.7. The fourth-order valence-electron chi connectivity index (χ4n) is 9.42. The van der Waals surface area contributed by atoms with Gasteiger partial charge in [-0.1, -0.05) is 13.0 Å². The third kappa shape index (κ3) is 7.38. The average Bonchev–Trinajstić information content (AvgIpc) is 3.42. The highest BCUT2D eigenvalue weighted by Crippen LogP contribution is 2.59. The van der Waals surface area contributed by atoms with Crippen molar-refractivity contribution in [3.8, 4) is 5.75 Å². The van der Waals surface area contributed by atoms with Crippen LogP contribution in [0.15, 0.2) is 18.2 Å². The van der Waals surface area contributed by atoms with Gasteiger partial charge in [0.1, 0.15) is 48.2 Å². The SMILES string of the molecule is COC1C(C(=O)NCCC(=O)Oc2ccc3c(c2)CC[C@@H]2[C@@H]3CC[C@]3(C)C(=O)CC[C@@H]23)OC(OC2C(O)C(CO)OC(C)C2NC(C)=O)C(O)C1O. The second kappa shape index (κ2) is 15.8. The highest BCUT2D eigenvalue weighted by atomic mass is 16.7. The number of carbonyl (C=O) groups is 4. The maximum Gasteiger partial charge on any atom is 0.312 e. The predicted molar refractivity (Wildman–Crippen MR) is 181 cm³/mol. The van der Waals surface area contributed by atoms with Gasteiger partial charge >= 0.3 is 5.97 Å². The molecule has 6 N–H and O–H groups in total. The molecule has 0 radical (unpaired) electrons. The number of benzene rings is 1. The lowest BCUT2D eigenvalue weighted by Gasteiger charge is -2.48. The molecule has 0 spiro atoms. The molecule has 1 aromatic carbocycles. The van der Waals surface area contributed by atoms with E-state index in [0.29, 0.717) is 35.7 Å². The third-order valence-electron chi connectivity index (χ3n) is 12.1. The van der Waals surface area contributed by atoms with E-state index in [9.17, 15) is 39.6 Å². The summed E-state index contributed by atoms with van der Waals surface area (Å²) in [6, 6.07) is 4.82. The van der Waals surface area contributed by atoms with Crippen molar-refractivity contribution in [1.29, 1.82) is 0 Å². The molecule has 15 heteroatoms. The monoisotopic (exact) mass is 732 g/mol. The predicted octanol–water partition coefficient (Wildman–Crippen LogP) is 0.0156. The lowest BCUT2D eigenvalue weighted by atomic mass is 9.55. The summed E-state index contributed by atoms with van der Waals surface area (Å²) >= 11 is 0. The molecule has 52 heavy (non-hydrogen) atoms. The van der Waals surface area contributed by atoms with Crippen molar-refractivity contribution in [2.24, 2.45) is 17.3 Å². The summed E-state index contributed by atoms with van der Waals surface area (Å²) in [6.45, 7) is 4.32. The number of rotatable bonds is 10. The zero-order valence-electron chi connectivity index (χ0n) is 30.1. The molecule has 288 valence electrons. The smallest absolute Gasteiger partial charge is 0.312 e. The molecule has 2 aliphatic heterocycles. The number of hydrogen-bond acceptors (Lipinski definition) is 13. The first-order valence-electron chi connectivity index (χ1n) is 18.3. The van der Waals surface area contributed by atoms with Gasteiger partial charge in [0, 0.05) is 32.4 Å². The number of carbonyl (C=O) groups excluding carboxylic acids is 4. The zero-order valence-corrected chi connectivity index (χ0v) is 30.1. The van der Waals surface area contributed by atoms with Crippen LogP contribution in [0.3, 0.4) is 0 Å². The molecule has 2 saturated carbocycles. The normalized spacial score (nSPS) is 39.8. The molecule has 2 heterocycles. The molecule has 4 fully saturated rings. The highest BCUT2D eigenvalue weighted by molar-refractivity contribution is 5.87. The number of esters is 1. The van der Waals surface area contributed by atoms with Crippen LogP contribution in [0.1, 0.15) is 76.3 Å². The molecule has 0 bridgehead atoms. The molecule has 6 rings (SSSR count). The lowest BCUT2D eigenvalue weighted by Crippen LogP contribution is -2.68. The molecular weight excluding hydrogens is 680 g/mol. The van der Waals surface area contributed by atoms with Crippen LogP contribution >= 0.6 is 0 Å². The van der Waals surface area contributed by atoms with Crippen LogP contribution in [0.4, 0.5) is 0 Å².